The highest BCUT2D eigenvalue weighted by atomic mass is 127. The lowest BCUT2D eigenvalue weighted by Gasteiger charge is -2.13. The van der Waals surface area contributed by atoms with Crippen molar-refractivity contribution in [3.63, 3.8) is 0 Å². The Balaban J connectivity index is 0.00000400. The number of hydrogen-bond donors (Lipinski definition) is 3. The number of nitrogens with zero attached hydrogens (tertiary/aromatic N) is 1. The molecule has 0 aliphatic heterocycles. The van der Waals surface area contributed by atoms with E-state index in [0.717, 1.165) is 25.9 Å². The van der Waals surface area contributed by atoms with Crippen LogP contribution in [0.4, 0.5) is 4.39 Å². The van der Waals surface area contributed by atoms with E-state index in [1.165, 1.54) is 6.07 Å². The Morgan fingerprint density at radius 1 is 1.29 bits per heavy atom. The zero-order chi connectivity index (χ0) is 14.8. The molecule has 1 aromatic carbocycles. The van der Waals surface area contributed by atoms with Crippen molar-refractivity contribution in [2.24, 2.45) is 4.99 Å². The maximum absolute atomic E-state index is 13.5. The molecule has 1 unspecified atom stereocenters. The normalized spacial score (nSPS) is 12.5. The Hall–Kier alpha value is -0.890. The van der Waals surface area contributed by atoms with Crippen LogP contribution in [0.15, 0.2) is 29.3 Å². The van der Waals surface area contributed by atoms with E-state index in [1.807, 2.05) is 6.92 Å². The summed E-state index contributed by atoms with van der Waals surface area (Å²) in [6, 6.07) is 6.22. The fourth-order valence-electron chi connectivity index (χ4n) is 1.75. The molecule has 0 radical (unpaired) electrons. The molecule has 0 saturated carbocycles. The maximum atomic E-state index is 13.5. The molecular weight excluding hydrogens is 384 g/mol. The van der Waals surface area contributed by atoms with Crippen LogP contribution in [0.25, 0.3) is 0 Å². The van der Waals surface area contributed by atoms with Crippen LogP contribution < -0.4 is 10.6 Å². The summed E-state index contributed by atoms with van der Waals surface area (Å²) < 4.78 is 13.5. The van der Waals surface area contributed by atoms with E-state index >= 15 is 0 Å². The molecule has 0 fully saturated rings. The average molecular weight is 409 g/mol. The zero-order valence-electron chi connectivity index (χ0n) is 12.6. The van der Waals surface area contributed by atoms with Crippen LogP contribution in [-0.2, 0) is 0 Å². The molecule has 0 spiro atoms. The van der Waals surface area contributed by atoms with Crippen molar-refractivity contribution in [3.05, 3.63) is 35.6 Å². The predicted molar refractivity (Wildman–Crippen MR) is 95.7 cm³/mol. The van der Waals surface area contributed by atoms with Gasteiger partial charge >= 0.3 is 0 Å². The highest BCUT2D eigenvalue weighted by Gasteiger charge is 2.11. The standard InChI is InChI=1S/C15H24FN3O.HI/c1-3-5-10-18-15(17-4-2)19-11-14(20)12-8-6-7-9-13(12)16;/h6-9,14,20H,3-5,10-11H2,1-2H3,(H2,17,18,19);1H. The number of aliphatic hydroxyl groups is 1. The van der Waals surface area contributed by atoms with E-state index in [4.69, 9.17) is 0 Å². The Labute approximate surface area is 143 Å². The topological polar surface area (TPSA) is 56.7 Å². The molecule has 0 bridgehead atoms. The summed E-state index contributed by atoms with van der Waals surface area (Å²) in [5.74, 6) is 0.246. The van der Waals surface area contributed by atoms with Crippen molar-refractivity contribution >= 4 is 29.9 Å². The molecule has 0 amide bonds. The third-order valence-corrected chi connectivity index (χ3v) is 2.85. The SMILES string of the molecule is CCCCNC(=NCC(O)c1ccccc1F)NCC.I. The molecule has 4 nitrogen and oxygen atoms in total. The predicted octanol–water partition coefficient (Wildman–Crippen LogP) is 2.83. The van der Waals surface area contributed by atoms with Crippen LogP contribution >= 0.6 is 24.0 Å². The van der Waals surface area contributed by atoms with Gasteiger partial charge in [-0.25, -0.2) is 4.39 Å². The number of benzene rings is 1. The quantitative estimate of drug-likeness (QED) is 0.281. The van der Waals surface area contributed by atoms with Crippen molar-refractivity contribution in [2.75, 3.05) is 19.6 Å². The molecule has 1 aromatic rings. The molecule has 1 atom stereocenters. The summed E-state index contributed by atoms with van der Waals surface area (Å²) in [5, 5.41) is 16.3. The first-order valence-electron chi connectivity index (χ1n) is 7.13. The van der Waals surface area contributed by atoms with Gasteiger partial charge in [0.25, 0.3) is 0 Å². The Morgan fingerprint density at radius 3 is 2.62 bits per heavy atom. The number of rotatable bonds is 7. The molecule has 0 aliphatic rings. The van der Waals surface area contributed by atoms with Gasteiger partial charge in [0.1, 0.15) is 11.9 Å². The van der Waals surface area contributed by atoms with Gasteiger partial charge < -0.3 is 15.7 Å². The summed E-state index contributed by atoms with van der Waals surface area (Å²) in [6.07, 6.45) is 1.22. The highest BCUT2D eigenvalue weighted by Crippen LogP contribution is 2.16. The van der Waals surface area contributed by atoms with Crippen LogP contribution in [0.5, 0.6) is 0 Å². The van der Waals surface area contributed by atoms with E-state index in [-0.39, 0.29) is 36.1 Å². The van der Waals surface area contributed by atoms with Gasteiger partial charge in [0, 0.05) is 18.7 Å². The summed E-state index contributed by atoms with van der Waals surface area (Å²) in [5.41, 5.74) is 0.278. The number of guanidine groups is 1. The van der Waals surface area contributed by atoms with E-state index in [0.29, 0.717) is 5.96 Å². The molecular formula is C15H25FIN3O. The second-order valence-corrected chi connectivity index (χ2v) is 4.54. The van der Waals surface area contributed by atoms with Gasteiger partial charge in [-0.15, -0.1) is 24.0 Å². The molecule has 1 rings (SSSR count). The monoisotopic (exact) mass is 409 g/mol. The van der Waals surface area contributed by atoms with Crippen molar-refractivity contribution in [3.8, 4) is 0 Å². The Morgan fingerprint density at radius 2 is 2.00 bits per heavy atom. The first-order chi connectivity index (χ1) is 9.69. The van der Waals surface area contributed by atoms with Crippen molar-refractivity contribution in [1.29, 1.82) is 0 Å². The lowest BCUT2D eigenvalue weighted by molar-refractivity contribution is 0.182. The number of aliphatic imine (C=N–C) groups is 1. The lowest BCUT2D eigenvalue weighted by atomic mass is 10.1. The first-order valence-corrected chi connectivity index (χ1v) is 7.13. The lowest BCUT2D eigenvalue weighted by Crippen LogP contribution is -2.38. The molecule has 0 aromatic heterocycles. The summed E-state index contributed by atoms with van der Waals surface area (Å²) in [6.45, 7) is 5.80. The Kier molecular flexibility index (Phi) is 11.2. The molecule has 0 heterocycles. The minimum Gasteiger partial charge on any atom is -0.386 e. The number of halogens is 2. The van der Waals surface area contributed by atoms with Gasteiger partial charge in [0.05, 0.1) is 6.54 Å². The van der Waals surface area contributed by atoms with Crippen LogP contribution in [0.3, 0.4) is 0 Å². The summed E-state index contributed by atoms with van der Waals surface area (Å²) in [7, 11) is 0. The van der Waals surface area contributed by atoms with Gasteiger partial charge in [-0.05, 0) is 19.4 Å². The van der Waals surface area contributed by atoms with E-state index in [9.17, 15) is 9.50 Å². The Bertz CT molecular complexity index is 429. The second-order valence-electron chi connectivity index (χ2n) is 4.54. The van der Waals surface area contributed by atoms with Gasteiger partial charge in [0.2, 0.25) is 0 Å². The van der Waals surface area contributed by atoms with Gasteiger partial charge in [-0.1, -0.05) is 31.5 Å². The zero-order valence-corrected chi connectivity index (χ0v) is 14.9. The third-order valence-electron chi connectivity index (χ3n) is 2.85. The number of hydrogen-bond acceptors (Lipinski definition) is 2. The summed E-state index contributed by atoms with van der Waals surface area (Å²) >= 11 is 0. The van der Waals surface area contributed by atoms with Crippen LogP contribution in [-0.4, -0.2) is 30.7 Å². The fourth-order valence-corrected chi connectivity index (χ4v) is 1.75. The van der Waals surface area contributed by atoms with E-state index < -0.39 is 11.9 Å². The van der Waals surface area contributed by atoms with Crippen molar-refractivity contribution in [1.82, 2.24) is 10.6 Å². The molecule has 120 valence electrons. The van der Waals surface area contributed by atoms with E-state index in [1.54, 1.807) is 18.2 Å². The average Bonchev–Trinajstić information content (AvgIpc) is 2.45. The molecule has 6 heteroatoms. The molecule has 0 saturated heterocycles. The minimum absolute atomic E-state index is 0. The third kappa shape index (κ3) is 7.61. The molecule has 3 N–H and O–H groups in total. The van der Waals surface area contributed by atoms with Gasteiger partial charge in [-0.2, -0.15) is 0 Å². The highest BCUT2D eigenvalue weighted by molar-refractivity contribution is 14.0. The van der Waals surface area contributed by atoms with Crippen LogP contribution in [0.1, 0.15) is 38.4 Å². The van der Waals surface area contributed by atoms with Crippen molar-refractivity contribution < 1.29 is 9.50 Å². The molecule has 0 aliphatic carbocycles. The smallest absolute Gasteiger partial charge is 0.191 e. The van der Waals surface area contributed by atoms with Gasteiger partial charge in [0.15, 0.2) is 5.96 Å². The number of unbranched alkanes of at least 4 members (excludes halogenated alkanes) is 1. The number of nitrogens with one attached hydrogen (secondary N) is 2. The molecule has 21 heavy (non-hydrogen) atoms. The van der Waals surface area contributed by atoms with Crippen LogP contribution in [0, 0.1) is 5.82 Å². The van der Waals surface area contributed by atoms with Gasteiger partial charge in [-0.3, -0.25) is 4.99 Å². The largest absolute Gasteiger partial charge is 0.386 e. The van der Waals surface area contributed by atoms with Crippen LogP contribution in [0.2, 0.25) is 0 Å². The fraction of sp³-hybridized carbons (Fsp3) is 0.533. The van der Waals surface area contributed by atoms with Crippen molar-refractivity contribution in [2.45, 2.75) is 32.8 Å². The first kappa shape index (κ1) is 20.1. The minimum atomic E-state index is -0.933. The summed E-state index contributed by atoms with van der Waals surface area (Å²) in [4.78, 5) is 4.28. The maximum Gasteiger partial charge on any atom is 0.191 e. The van der Waals surface area contributed by atoms with E-state index in [2.05, 4.69) is 22.5 Å². The number of aliphatic hydroxyl groups excluding tert-OH is 1. The second kappa shape index (κ2) is 11.7.